The molecule has 104 valence electrons. The minimum atomic E-state index is -0.700. The van der Waals surface area contributed by atoms with E-state index >= 15 is 0 Å². The molecule has 1 aromatic carbocycles. The molecule has 1 aromatic rings. The Kier molecular flexibility index (Phi) is 2.41. The van der Waals surface area contributed by atoms with Gasteiger partial charge in [0.1, 0.15) is 6.10 Å². The quantitative estimate of drug-likeness (QED) is 0.781. The van der Waals surface area contributed by atoms with Crippen LogP contribution >= 0.6 is 0 Å². The molecule has 3 aliphatic rings. The van der Waals surface area contributed by atoms with Gasteiger partial charge >= 0.3 is 5.97 Å². The first kappa shape index (κ1) is 11.9. The van der Waals surface area contributed by atoms with Crippen LogP contribution in [0.1, 0.15) is 6.42 Å². The van der Waals surface area contributed by atoms with Crippen molar-refractivity contribution >= 4 is 17.6 Å². The van der Waals surface area contributed by atoms with E-state index in [9.17, 15) is 14.7 Å². The van der Waals surface area contributed by atoms with Crippen LogP contribution in [-0.2, 0) is 14.3 Å². The smallest absolute Gasteiger partial charge is 0.310 e. The van der Waals surface area contributed by atoms with Gasteiger partial charge in [-0.2, -0.15) is 0 Å². The van der Waals surface area contributed by atoms with Gasteiger partial charge in [0.25, 0.3) is 0 Å². The number of esters is 1. The molecule has 0 radical (unpaired) electrons. The van der Waals surface area contributed by atoms with Crippen LogP contribution in [0.15, 0.2) is 30.3 Å². The Morgan fingerprint density at radius 2 is 2.00 bits per heavy atom. The molecule has 0 spiro atoms. The molecule has 0 unspecified atom stereocenters. The van der Waals surface area contributed by atoms with Gasteiger partial charge in [-0.05, 0) is 18.6 Å². The topological polar surface area (TPSA) is 75.6 Å². The molecule has 0 aromatic heterocycles. The SMILES string of the molecule is O=C1O[C@@H]2[C@@H](O)[C@H]3C[C@@H]2[C@@H]1[C@H]3C(=O)Nc1ccccc1. The summed E-state index contributed by atoms with van der Waals surface area (Å²) in [5.41, 5.74) is 0.706. The van der Waals surface area contributed by atoms with Gasteiger partial charge in [-0.15, -0.1) is 0 Å². The number of nitrogens with one attached hydrogen (secondary N) is 1. The highest BCUT2D eigenvalue weighted by Gasteiger charge is 2.68. The van der Waals surface area contributed by atoms with E-state index in [1.165, 1.54) is 0 Å². The van der Waals surface area contributed by atoms with Gasteiger partial charge in [0, 0.05) is 17.5 Å². The predicted octanol–water partition coefficient (Wildman–Crippen LogP) is 0.793. The number of fused-ring (bicyclic) bond motifs is 1. The molecule has 1 amide bonds. The second-order valence-electron chi connectivity index (χ2n) is 5.86. The number of aliphatic hydroxyl groups is 1. The Hall–Kier alpha value is -1.88. The van der Waals surface area contributed by atoms with Crippen LogP contribution in [0.4, 0.5) is 5.69 Å². The molecule has 5 heteroatoms. The molecular formula is C15H15NO4. The number of aliphatic hydroxyl groups excluding tert-OH is 1. The summed E-state index contributed by atoms with van der Waals surface area (Å²) in [7, 11) is 0. The number of amides is 1. The lowest BCUT2D eigenvalue weighted by Crippen LogP contribution is -2.42. The van der Waals surface area contributed by atoms with Gasteiger partial charge in [0.2, 0.25) is 5.91 Å². The number of anilines is 1. The summed E-state index contributed by atoms with van der Waals surface area (Å²) < 4.78 is 5.21. The zero-order valence-corrected chi connectivity index (χ0v) is 10.7. The highest BCUT2D eigenvalue weighted by Crippen LogP contribution is 2.57. The van der Waals surface area contributed by atoms with E-state index < -0.39 is 18.1 Å². The van der Waals surface area contributed by atoms with Crippen LogP contribution in [0.2, 0.25) is 0 Å². The average molecular weight is 273 g/mol. The van der Waals surface area contributed by atoms with Gasteiger partial charge in [-0.3, -0.25) is 9.59 Å². The highest BCUT2D eigenvalue weighted by molar-refractivity contribution is 5.97. The van der Waals surface area contributed by atoms with Crippen LogP contribution in [0, 0.1) is 23.7 Å². The molecular weight excluding hydrogens is 258 g/mol. The molecule has 6 atom stereocenters. The number of rotatable bonds is 2. The van der Waals surface area contributed by atoms with E-state index in [0.29, 0.717) is 12.1 Å². The third-order valence-electron chi connectivity index (χ3n) is 4.92. The van der Waals surface area contributed by atoms with E-state index in [0.717, 1.165) is 0 Å². The van der Waals surface area contributed by atoms with Crippen LogP contribution in [0.25, 0.3) is 0 Å². The Balaban J connectivity index is 1.60. The maximum Gasteiger partial charge on any atom is 0.310 e. The van der Waals surface area contributed by atoms with E-state index in [4.69, 9.17) is 4.74 Å². The Morgan fingerprint density at radius 1 is 1.25 bits per heavy atom. The number of para-hydroxylation sites is 1. The largest absolute Gasteiger partial charge is 0.459 e. The number of hydrogen-bond donors (Lipinski definition) is 2. The molecule has 1 heterocycles. The first-order chi connectivity index (χ1) is 9.66. The summed E-state index contributed by atoms with van der Waals surface area (Å²) in [6.07, 6.45) is -0.387. The van der Waals surface area contributed by atoms with Crippen LogP contribution in [0.3, 0.4) is 0 Å². The van der Waals surface area contributed by atoms with Crippen molar-refractivity contribution < 1.29 is 19.4 Å². The van der Waals surface area contributed by atoms with Gasteiger partial charge in [0.05, 0.1) is 17.9 Å². The van der Waals surface area contributed by atoms with Crippen molar-refractivity contribution in [3.8, 4) is 0 Å². The number of benzene rings is 1. The fraction of sp³-hybridized carbons (Fsp3) is 0.467. The zero-order chi connectivity index (χ0) is 13.9. The fourth-order valence-electron chi connectivity index (χ4n) is 4.12. The summed E-state index contributed by atoms with van der Waals surface area (Å²) in [5, 5.41) is 13.0. The Morgan fingerprint density at radius 3 is 2.75 bits per heavy atom. The number of carbonyl (C=O) groups is 2. The van der Waals surface area contributed by atoms with E-state index in [1.54, 1.807) is 12.1 Å². The minimum absolute atomic E-state index is 0.00835. The number of ether oxygens (including phenoxy) is 1. The Labute approximate surface area is 115 Å². The predicted molar refractivity (Wildman–Crippen MR) is 69.5 cm³/mol. The summed E-state index contributed by atoms with van der Waals surface area (Å²) in [6.45, 7) is 0. The van der Waals surface area contributed by atoms with Crippen LogP contribution < -0.4 is 5.32 Å². The molecule has 2 aliphatic carbocycles. The second kappa shape index (κ2) is 4.06. The van der Waals surface area contributed by atoms with Gasteiger partial charge in [-0.25, -0.2) is 0 Å². The van der Waals surface area contributed by atoms with Gasteiger partial charge < -0.3 is 15.2 Å². The molecule has 2 saturated carbocycles. The third kappa shape index (κ3) is 1.47. The number of hydrogen-bond acceptors (Lipinski definition) is 4. The summed E-state index contributed by atoms with van der Waals surface area (Å²) in [4.78, 5) is 24.3. The molecule has 2 bridgehead atoms. The lowest BCUT2D eigenvalue weighted by atomic mass is 9.78. The first-order valence-corrected chi connectivity index (χ1v) is 6.91. The van der Waals surface area contributed by atoms with Crippen molar-refractivity contribution in [1.29, 1.82) is 0 Å². The molecule has 20 heavy (non-hydrogen) atoms. The lowest BCUT2D eigenvalue weighted by Gasteiger charge is -2.27. The van der Waals surface area contributed by atoms with Gasteiger partial charge in [0.15, 0.2) is 0 Å². The lowest BCUT2D eigenvalue weighted by molar-refractivity contribution is -0.146. The van der Waals surface area contributed by atoms with Crippen LogP contribution in [-0.4, -0.2) is 29.2 Å². The van der Waals surface area contributed by atoms with Crippen LogP contribution in [0.5, 0.6) is 0 Å². The molecule has 4 rings (SSSR count). The molecule has 2 N–H and O–H groups in total. The molecule has 3 fully saturated rings. The normalized spacial score (nSPS) is 40.8. The fourth-order valence-corrected chi connectivity index (χ4v) is 4.12. The first-order valence-electron chi connectivity index (χ1n) is 6.91. The molecule has 1 aliphatic heterocycles. The summed E-state index contributed by atoms with van der Waals surface area (Å²) in [6, 6.07) is 9.15. The maximum atomic E-state index is 12.5. The Bertz CT molecular complexity index is 572. The van der Waals surface area contributed by atoms with Crippen molar-refractivity contribution in [1.82, 2.24) is 0 Å². The van der Waals surface area contributed by atoms with Gasteiger partial charge in [-0.1, -0.05) is 18.2 Å². The van der Waals surface area contributed by atoms with E-state index in [1.807, 2.05) is 18.2 Å². The maximum absolute atomic E-state index is 12.5. The average Bonchev–Trinajstić information content (AvgIpc) is 3.04. The van der Waals surface area contributed by atoms with Crippen molar-refractivity contribution in [3.63, 3.8) is 0 Å². The third-order valence-corrected chi connectivity index (χ3v) is 4.92. The standard InChI is InChI=1S/C15H15NO4/c17-12-8-6-9-11(15(19)20-13(9)12)10(8)14(18)16-7-4-2-1-3-5-7/h1-5,8-13,17H,6H2,(H,16,18)/t8-,9+,10-,11+,12-,13-/m0/s1. The second-order valence-corrected chi connectivity index (χ2v) is 5.86. The molecule has 1 saturated heterocycles. The molecule has 5 nitrogen and oxygen atoms in total. The minimum Gasteiger partial charge on any atom is -0.459 e. The van der Waals surface area contributed by atoms with Crippen molar-refractivity contribution in [2.45, 2.75) is 18.6 Å². The van der Waals surface area contributed by atoms with Crippen molar-refractivity contribution in [2.75, 3.05) is 5.32 Å². The zero-order valence-electron chi connectivity index (χ0n) is 10.7. The highest BCUT2D eigenvalue weighted by atomic mass is 16.6. The summed E-state index contributed by atoms with van der Waals surface area (Å²) in [5.74, 6) is -1.52. The van der Waals surface area contributed by atoms with Crippen molar-refractivity contribution in [3.05, 3.63) is 30.3 Å². The monoisotopic (exact) mass is 273 g/mol. The summed E-state index contributed by atoms with van der Waals surface area (Å²) >= 11 is 0. The van der Waals surface area contributed by atoms with E-state index in [-0.39, 0.29) is 29.6 Å². The number of carbonyl (C=O) groups excluding carboxylic acids is 2. The van der Waals surface area contributed by atoms with E-state index in [2.05, 4.69) is 5.32 Å². The van der Waals surface area contributed by atoms with Crippen molar-refractivity contribution in [2.24, 2.45) is 23.7 Å².